The third-order valence-electron chi connectivity index (χ3n) is 1.96. The van der Waals surface area contributed by atoms with E-state index in [0.29, 0.717) is 0 Å². The van der Waals surface area contributed by atoms with Crippen molar-refractivity contribution in [2.75, 3.05) is 0 Å². The van der Waals surface area contributed by atoms with Gasteiger partial charge >= 0.3 is 0 Å². The standard InChI is InChI=1S/C10H10O5S/c1-7(11)10(16(13,14)15)9(12)8-5-3-2-4-6-8/h2-6,10H,1H3,(H,13,14,15). The highest BCUT2D eigenvalue weighted by molar-refractivity contribution is 7.88. The van der Waals surface area contributed by atoms with Gasteiger partial charge in [0.15, 0.2) is 11.6 Å². The predicted molar refractivity (Wildman–Crippen MR) is 56.8 cm³/mol. The first kappa shape index (κ1) is 12.5. The van der Waals surface area contributed by atoms with Gasteiger partial charge in [-0.1, -0.05) is 30.3 Å². The normalized spacial score (nSPS) is 13.1. The Morgan fingerprint density at radius 3 is 2.06 bits per heavy atom. The van der Waals surface area contributed by atoms with Gasteiger partial charge in [-0.2, -0.15) is 8.42 Å². The average molecular weight is 242 g/mol. The van der Waals surface area contributed by atoms with Gasteiger partial charge in [0.25, 0.3) is 10.1 Å². The van der Waals surface area contributed by atoms with E-state index in [9.17, 15) is 18.0 Å². The summed E-state index contributed by atoms with van der Waals surface area (Å²) in [4.78, 5) is 22.7. The number of benzene rings is 1. The van der Waals surface area contributed by atoms with E-state index < -0.39 is 26.9 Å². The maximum Gasteiger partial charge on any atom is 0.282 e. The molecule has 1 rings (SSSR count). The Bertz CT molecular complexity index is 503. The molecule has 0 saturated carbocycles. The van der Waals surface area contributed by atoms with E-state index in [2.05, 4.69) is 0 Å². The Hall–Kier alpha value is -1.53. The Kier molecular flexibility index (Phi) is 3.56. The summed E-state index contributed by atoms with van der Waals surface area (Å²) in [6.45, 7) is 0.944. The van der Waals surface area contributed by atoms with Crippen LogP contribution in [0, 0.1) is 0 Å². The minimum atomic E-state index is -4.71. The summed E-state index contributed by atoms with van der Waals surface area (Å²) in [5, 5.41) is -2.03. The second-order valence-electron chi connectivity index (χ2n) is 3.24. The van der Waals surface area contributed by atoms with E-state index >= 15 is 0 Å². The fourth-order valence-electron chi connectivity index (χ4n) is 1.28. The lowest BCUT2D eigenvalue weighted by Crippen LogP contribution is -2.36. The van der Waals surface area contributed by atoms with E-state index in [0.717, 1.165) is 6.92 Å². The van der Waals surface area contributed by atoms with Crippen LogP contribution in [0.25, 0.3) is 0 Å². The summed E-state index contributed by atoms with van der Waals surface area (Å²) in [5.41, 5.74) is 0.0697. The van der Waals surface area contributed by atoms with E-state index in [1.54, 1.807) is 6.07 Å². The molecule has 0 spiro atoms. The molecule has 86 valence electrons. The van der Waals surface area contributed by atoms with Crippen molar-refractivity contribution < 1.29 is 22.6 Å². The molecule has 6 heteroatoms. The van der Waals surface area contributed by atoms with Crippen molar-refractivity contribution in [1.82, 2.24) is 0 Å². The SMILES string of the molecule is CC(=O)C(C(=O)c1ccccc1)S(=O)(=O)O. The zero-order valence-corrected chi connectivity index (χ0v) is 9.27. The molecule has 0 bridgehead atoms. The van der Waals surface area contributed by atoms with Gasteiger partial charge in [0, 0.05) is 5.56 Å². The van der Waals surface area contributed by atoms with Crippen LogP contribution in [0.2, 0.25) is 0 Å². The third kappa shape index (κ3) is 2.74. The van der Waals surface area contributed by atoms with E-state index in [-0.39, 0.29) is 5.56 Å². The first-order chi connectivity index (χ1) is 7.34. The lowest BCUT2D eigenvalue weighted by molar-refractivity contribution is -0.115. The van der Waals surface area contributed by atoms with Crippen LogP contribution < -0.4 is 0 Å². The Morgan fingerprint density at radius 2 is 1.69 bits per heavy atom. The van der Waals surface area contributed by atoms with Crippen molar-refractivity contribution in [2.24, 2.45) is 0 Å². The van der Waals surface area contributed by atoms with Gasteiger partial charge in [-0.15, -0.1) is 0 Å². The van der Waals surface area contributed by atoms with E-state index in [1.807, 2.05) is 0 Å². The second-order valence-corrected chi connectivity index (χ2v) is 4.74. The molecule has 1 aromatic rings. The van der Waals surface area contributed by atoms with Crippen LogP contribution >= 0.6 is 0 Å². The molecule has 0 fully saturated rings. The van der Waals surface area contributed by atoms with Gasteiger partial charge in [0.1, 0.15) is 0 Å². The van der Waals surface area contributed by atoms with Gasteiger partial charge < -0.3 is 0 Å². The number of carbonyl (C=O) groups excluding carboxylic acids is 2. The van der Waals surface area contributed by atoms with Crippen molar-refractivity contribution in [3.8, 4) is 0 Å². The molecule has 1 aromatic carbocycles. The third-order valence-corrected chi connectivity index (χ3v) is 3.11. The molecule has 1 N–H and O–H groups in total. The van der Waals surface area contributed by atoms with Gasteiger partial charge in [-0.25, -0.2) is 0 Å². The number of Topliss-reactive ketones (excluding diaryl/α,β-unsaturated/α-hetero) is 2. The molecule has 0 aliphatic rings. The van der Waals surface area contributed by atoms with Crippen LogP contribution in [0.15, 0.2) is 30.3 Å². The zero-order valence-electron chi connectivity index (χ0n) is 8.45. The maximum absolute atomic E-state index is 11.7. The van der Waals surface area contributed by atoms with Gasteiger partial charge in [0.2, 0.25) is 5.25 Å². The van der Waals surface area contributed by atoms with Crippen LogP contribution in [0.1, 0.15) is 17.3 Å². The maximum atomic E-state index is 11.7. The zero-order chi connectivity index (χ0) is 12.3. The minimum Gasteiger partial charge on any atom is -0.298 e. The quantitative estimate of drug-likeness (QED) is 0.477. The molecule has 5 nitrogen and oxygen atoms in total. The summed E-state index contributed by atoms with van der Waals surface area (Å²) in [6.07, 6.45) is 0. The lowest BCUT2D eigenvalue weighted by atomic mass is 10.1. The first-order valence-electron chi connectivity index (χ1n) is 4.40. The average Bonchev–Trinajstić information content (AvgIpc) is 2.16. The molecule has 0 aliphatic carbocycles. The molecule has 1 atom stereocenters. The van der Waals surface area contributed by atoms with Crippen LogP contribution in [-0.2, 0) is 14.9 Å². The molecule has 0 aliphatic heterocycles. The topological polar surface area (TPSA) is 88.5 Å². The summed E-state index contributed by atoms with van der Waals surface area (Å²) in [5.74, 6) is -1.83. The number of rotatable bonds is 4. The highest BCUT2D eigenvalue weighted by atomic mass is 32.2. The molecular formula is C10H10O5S. The van der Waals surface area contributed by atoms with Gasteiger partial charge in [0.05, 0.1) is 0 Å². The monoisotopic (exact) mass is 242 g/mol. The number of hydrogen-bond acceptors (Lipinski definition) is 4. The highest BCUT2D eigenvalue weighted by Crippen LogP contribution is 2.10. The van der Waals surface area contributed by atoms with Gasteiger partial charge in [-0.05, 0) is 6.92 Å². The van der Waals surface area contributed by atoms with Crippen molar-refractivity contribution in [1.29, 1.82) is 0 Å². The highest BCUT2D eigenvalue weighted by Gasteiger charge is 2.35. The van der Waals surface area contributed by atoms with E-state index in [1.165, 1.54) is 24.3 Å². The minimum absolute atomic E-state index is 0.0697. The number of ketones is 2. The summed E-state index contributed by atoms with van der Waals surface area (Å²) in [6, 6.07) is 7.47. The molecule has 16 heavy (non-hydrogen) atoms. The van der Waals surface area contributed by atoms with Crippen LogP contribution in [0.5, 0.6) is 0 Å². The lowest BCUT2D eigenvalue weighted by Gasteiger charge is -2.08. The molecule has 0 radical (unpaired) electrons. The number of hydrogen-bond donors (Lipinski definition) is 1. The summed E-state index contributed by atoms with van der Waals surface area (Å²) in [7, 11) is -4.71. The molecule has 0 saturated heterocycles. The Balaban J connectivity index is 3.18. The summed E-state index contributed by atoms with van der Waals surface area (Å²) < 4.78 is 30.6. The van der Waals surface area contributed by atoms with Crippen molar-refractivity contribution >= 4 is 21.7 Å². The van der Waals surface area contributed by atoms with Gasteiger partial charge in [-0.3, -0.25) is 14.1 Å². The molecular weight excluding hydrogens is 232 g/mol. The first-order valence-corrected chi connectivity index (χ1v) is 5.90. The Labute approximate surface area is 92.8 Å². The van der Waals surface area contributed by atoms with Crippen LogP contribution in [-0.4, -0.2) is 29.8 Å². The van der Waals surface area contributed by atoms with Crippen LogP contribution in [0.3, 0.4) is 0 Å². The van der Waals surface area contributed by atoms with Crippen molar-refractivity contribution in [2.45, 2.75) is 12.2 Å². The van der Waals surface area contributed by atoms with Crippen molar-refractivity contribution in [3.63, 3.8) is 0 Å². The molecule has 0 amide bonds. The Morgan fingerprint density at radius 1 is 1.19 bits per heavy atom. The number of carbonyl (C=O) groups is 2. The predicted octanol–water partition coefficient (Wildman–Crippen LogP) is 0.715. The summed E-state index contributed by atoms with van der Waals surface area (Å²) >= 11 is 0. The molecule has 1 unspecified atom stereocenters. The van der Waals surface area contributed by atoms with Crippen LogP contribution in [0.4, 0.5) is 0 Å². The molecule has 0 heterocycles. The molecule has 0 aromatic heterocycles. The fourth-order valence-corrected chi connectivity index (χ4v) is 2.11. The fraction of sp³-hybridized carbons (Fsp3) is 0.200. The van der Waals surface area contributed by atoms with Crippen molar-refractivity contribution in [3.05, 3.63) is 35.9 Å². The second kappa shape index (κ2) is 4.54. The smallest absolute Gasteiger partial charge is 0.282 e. The largest absolute Gasteiger partial charge is 0.298 e. The van der Waals surface area contributed by atoms with E-state index in [4.69, 9.17) is 4.55 Å².